The SMILES string of the molecule is CCOC(=O)C1=C(c2ccccc2)N=c2s/c(=C\c3ccc(OCc4ccc(C#N)cc4)c(OCC)c3)c(=O)n2[C@H]1c1ccc(SC)cc1. The topological polar surface area (TPSA) is 103 Å². The monoisotopic (exact) mass is 687 g/mol. The van der Waals surface area contributed by atoms with Crippen molar-refractivity contribution in [2.24, 2.45) is 4.99 Å². The number of hydrogen-bond donors (Lipinski definition) is 0. The summed E-state index contributed by atoms with van der Waals surface area (Å²) in [4.78, 5) is 34.5. The molecule has 2 heterocycles. The molecule has 0 unspecified atom stereocenters. The van der Waals surface area contributed by atoms with E-state index in [1.165, 1.54) is 11.3 Å². The predicted octanol–water partition coefficient (Wildman–Crippen LogP) is 6.51. The van der Waals surface area contributed by atoms with E-state index in [4.69, 9.17) is 24.5 Å². The molecule has 0 N–H and O–H groups in total. The molecule has 6 rings (SSSR count). The summed E-state index contributed by atoms with van der Waals surface area (Å²) in [6, 6.07) is 31.5. The van der Waals surface area contributed by atoms with Crippen molar-refractivity contribution in [2.45, 2.75) is 31.4 Å². The first kappa shape index (κ1) is 33.5. The third-order valence-corrected chi connectivity index (χ3v) is 9.57. The van der Waals surface area contributed by atoms with Crippen LogP contribution in [0.3, 0.4) is 0 Å². The Balaban J connectivity index is 1.45. The van der Waals surface area contributed by atoms with Crippen LogP contribution in [-0.2, 0) is 16.1 Å². The van der Waals surface area contributed by atoms with Crippen molar-refractivity contribution in [3.8, 4) is 17.6 Å². The number of rotatable bonds is 11. The summed E-state index contributed by atoms with van der Waals surface area (Å²) in [5.41, 5.74) is 4.30. The van der Waals surface area contributed by atoms with Gasteiger partial charge in [-0.2, -0.15) is 5.26 Å². The first-order valence-electron chi connectivity index (χ1n) is 15.7. The van der Waals surface area contributed by atoms with Crippen molar-refractivity contribution < 1.29 is 19.0 Å². The number of thiazole rings is 1. The molecule has 0 spiro atoms. The number of fused-ring (bicyclic) bond motifs is 1. The average Bonchev–Trinajstić information content (AvgIpc) is 3.45. The highest BCUT2D eigenvalue weighted by atomic mass is 32.2. The Morgan fingerprint density at radius 3 is 2.39 bits per heavy atom. The van der Waals surface area contributed by atoms with Gasteiger partial charge >= 0.3 is 5.97 Å². The highest BCUT2D eigenvalue weighted by Gasteiger charge is 2.35. The maximum atomic E-state index is 14.3. The molecular formula is C39H33N3O5S2. The largest absolute Gasteiger partial charge is 0.490 e. The van der Waals surface area contributed by atoms with Gasteiger partial charge in [-0.1, -0.05) is 72.0 Å². The second kappa shape index (κ2) is 15.2. The normalized spacial score (nSPS) is 14.1. The highest BCUT2D eigenvalue weighted by Crippen LogP contribution is 2.36. The van der Waals surface area contributed by atoms with E-state index >= 15 is 0 Å². The van der Waals surface area contributed by atoms with Crippen LogP contribution in [0.2, 0.25) is 0 Å². The van der Waals surface area contributed by atoms with E-state index in [1.807, 2.05) is 98.1 Å². The third kappa shape index (κ3) is 7.23. The highest BCUT2D eigenvalue weighted by molar-refractivity contribution is 7.98. The summed E-state index contributed by atoms with van der Waals surface area (Å²) < 4.78 is 19.6. The first-order valence-corrected chi connectivity index (χ1v) is 17.8. The van der Waals surface area contributed by atoms with E-state index < -0.39 is 12.0 Å². The molecule has 10 heteroatoms. The van der Waals surface area contributed by atoms with E-state index in [9.17, 15) is 9.59 Å². The standard InChI is InChI=1S/C39H33N3O5S2/c1-4-45-32-21-27(15-20-31(32)47-24-26-13-11-25(23-40)12-14-26)22-33-37(43)42-36(29-16-18-30(48-3)19-17-29)34(38(44)46-5-2)35(41-39(42)49-33)28-9-7-6-8-10-28/h6-22,36H,4-5,24H2,1-3H3/b33-22-/t36-/m0/s1. The molecule has 0 aliphatic carbocycles. The molecule has 1 aliphatic heterocycles. The molecule has 1 aliphatic rings. The smallest absolute Gasteiger partial charge is 0.338 e. The molecule has 0 amide bonds. The van der Waals surface area contributed by atoms with Crippen molar-refractivity contribution in [1.29, 1.82) is 5.26 Å². The number of hydrogen-bond acceptors (Lipinski definition) is 9. The number of nitriles is 1. The molecule has 5 aromatic rings. The van der Waals surface area contributed by atoms with Gasteiger partial charge in [0.25, 0.3) is 5.56 Å². The minimum absolute atomic E-state index is 0.183. The van der Waals surface area contributed by atoms with Gasteiger partial charge in [0.15, 0.2) is 16.3 Å². The van der Waals surface area contributed by atoms with E-state index in [-0.39, 0.29) is 12.2 Å². The number of carbonyl (C=O) groups is 1. The van der Waals surface area contributed by atoms with Crippen LogP contribution in [0.5, 0.6) is 11.5 Å². The second-order valence-electron chi connectivity index (χ2n) is 10.9. The molecule has 1 atom stereocenters. The van der Waals surface area contributed by atoms with Crippen molar-refractivity contribution in [3.05, 3.63) is 150 Å². The van der Waals surface area contributed by atoms with Crippen LogP contribution in [-0.4, -0.2) is 30.0 Å². The van der Waals surface area contributed by atoms with Gasteiger partial charge in [0.1, 0.15) is 6.61 Å². The lowest BCUT2D eigenvalue weighted by molar-refractivity contribution is -0.138. The molecule has 4 aromatic carbocycles. The zero-order chi connectivity index (χ0) is 34.3. The maximum absolute atomic E-state index is 14.3. The number of thioether (sulfide) groups is 1. The van der Waals surface area contributed by atoms with Crippen LogP contribution < -0.4 is 24.4 Å². The van der Waals surface area contributed by atoms with Crippen molar-refractivity contribution in [2.75, 3.05) is 19.5 Å². The minimum Gasteiger partial charge on any atom is -0.490 e. The lowest BCUT2D eigenvalue weighted by Gasteiger charge is -2.26. The molecule has 0 bridgehead atoms. The molecule has 8 nitrogen and oxygen atoms in total. The fourth-order valence-electron chi connectivity index (χ4n) is 5.53. The Morgan fingerprint density at radius 1 is 0.959 bits per heavy atom. The van der Waals surface area contributed by atoms with Gasteiger partial charge in [0.2, 0.25) is 0 Å². The molecule has 0 saturated carbocycles. The summed E-state index contributed by atoms with van der Waals surface area (Å²) in [6.07, 6.45) is 3.81. The van der Waals surface area contributed by atoms with Crippen LogP contribution in [0.4, 0.5) is 0 Å². The van der Waals surface area contributed by atoms with Crippen molar-refractivity contribution >= 4 is 40.8 Å². The fourth-order valence-corrected chi connectivity index (χ4v) is 6.94. The van der Waals surface area contributed by atoms with Crippen molar-refractivity contribution in [3.63, 3.8) is 0 Å². The fraction of sp³-hybridized carbons (Fsp3) is 0.179. The van der Waals surface area contributed by atoms with Crippen molar-refractivity contribution in [1.82, 2.24) is 4.57 Å². The number of esters is 1. The van der Waals surface area contributed by atoms with Crippen LogP contribution >= 0.6 is 23.1 Å². The minimum atomic E-state index is -0.749. The summed E-state index contributed by atoms with van der Waals surface area (Å²) in [7, 11) is 0. The lowest BCUT2D eigenvalue weighted by atomic mass is 9.93. The van der Waals surface area contributed by atoms with E-state index in [2.05, 4.69) is 6.07 Å². The van der Waals surface area contributed by atoms with Gasteiger partial charge in [-0.05, 0) is 79.3 Å². The van der Waals surface area contributed by atoms with Crippen LogP contribution in [0.25, 0.3) is 11.8 Å². The Labute approximate surface area is 292 Å². The Bertz CT molecular complexity index is 2230. The Morgan fingerprint density at radius 2 is 1.71 bits per heavy atom. The third-order valence-electron chi connectivity index (χ3n) is 7.85. The summed E-state index contributed by atoms with van der Waals surface area (Å²) in [5.74, 6) is 0.585. The first-order chi connectivity index (χ1) is 23.9. The number of aromatic nitrogens is 1. The summed E-state index contributed by atoms with van der Waals surface area (Å²) >= 11 is 2.88. The number of nitrogens with zero attached hydrogens (tertiary/aromatic N) is 3. The molecular weight excluding hydrogens is 655 g/mol. The van der Waals surface area contributed by atoms with E-state index in [1.54, 1.807) is 41.5 Å². The van der Waals surface area contributed by atoms with Gasteiger partial charge in [-0.15, -0.1) is 11.8 Å². The predicted molar refractivity (Wildman–Crippen MR) is 192 cm³/mol. The molecule has 1 aromatic heterocycles. The molecule has 0 saturated heterocycles. The number of carbonyl (C=O) groups excluding carboxylic acids is 1. The Hall–Kier alpha value is -5.37. The number of ether oxygens (including phenoxy) is 3. The quantitative estimate of drug-likeness (QED) is 0.115. The van der Waals surface area contributed by atoms with Crippen LogP contribution in [0, 0.1) is 11.3 Å². The summed E-state index contributed by atoms with van der Waals surface area (Å²) in [6.45, 7) is 4.56. The molecule has 246 valence electrons. The van der Waals surface area contributed by atoms with E-state index in [0.717, 1.165) is 27.1 Å². The lowest BCUT2D eigenvalue weighted by Crippen LogP contribution is -2.40. The zero-order valence-electron chi connectivity index (χ0n) is 27.2. The van der Waals surface area contributed by atoms with Gasteiger partial charge in [0.05, 0.1) is 46.7 Å². The molecule has 0 fully saturated rings. The van der Waals surface area contributed by atoms with Gasteiger partial charge < -0.3 is 14.2 Å². The maximum Gasteiger partial charge on any atom is 0.338 e. The van der Waals surface area contributed by atoms with Crippen LogP contribution in [0.1, 0.15) is 47.7 Å². The van der Waals surface area contributed by atoms with Crippen LogP contribution in [0.15, 0.2) is 117 Å². The molecule has 49 heavy (non-hydrogen) atoms. The van der Waals surface area contributed by atoms with E-state index in [0.29, 0.717) is 50.9 Å². The average molecular weight is 688 g/mol. The number of benzene rings is 4. The Kier molecular flexibility index (Phi) is 10.4. The zero-order valence-corrected chi connectivity index (χ0v) is 28.8. The second-order valence-corrected chi connectivity index (χ2v) is 12.8. The van der Waals surface area contributed by atoms with Gasteiger partial charge in [-0.3, -0.25) is 9.36 Å². The molecule has 0 radical (unpaired) electrons. The van der Waals surface area contributed by atoms with Gasteiger partial charge in [0, 0.05) is 10.5 Å². The van der Waals surface area contributed by atoms with Gasteiger partial charge in [-0.25, -0.2) is 9.79 Å². The summed E-state index contributed by atoms with van der Waals surface area (Å²) in [5, 5.41) is 9.08.